The summed E-state index contributed by atoms with van der Waals surface area (Å²) in [6, 6.07) is 1.75. The minimum atomic E-state index is -0.985. The van der Waals surface area contributed by atoms with Gasteiger partial charge >= 0.3 is 0 Å². The lowest BCUT2D eigenvalue weighted by Gasteiger charge is -2.05. The van der Waals surface area contributed by atoms with E-state index in [2.05, 4.69) is 5.10 Å². The maximum absolute atomic E-state index is 13.3. The van der Waals surface area contributed by atoms with Gasteiger partial charge in [0.15, 0.2) is 0 Å². The molecule has 0 saturated carbocycles. The minimum Gasteiger partial charge on any atom is -0.330 e. The molecule has 68 valence electrons. The fraction of sp³-hybridized carbons (Fsp3) is 0.625. The zero-order valence-corrected chi connectivity index (χ0v) is 7.42. The predicted octanol–water partition coefficient (Wildman–Crippen LogP) is 1.09. The average molecular weight is 171 g/mol. The summed E-state index contributed by atoms with van der Waals surface area (Å²) in [5.41, 5.74) is 6.70. The second-order valence-electron chi connectivity index (χ2n) is 2.88. The molecule has 0 spiro atoms. The Bertz CT molecular complexity index is 257. The van der Waals surface area contributed by atoms with Gasteiger partial charge in [0.2, 0.25) is 0 Å². The van der Waals surface area contributed by atoms with Crippen LogP contribution in [0.1, 0.15) is 24.0 Å². The largest absolute Gasteiger partial charge is 0.330 e. The van der Waals surface area contributed by atoms with Gasteiger partial charge in [0.1, 0.15) is 6.17 Å². The highest BCUT2D eigenvalue weighted by molar-refractivity contribution is 5.11. The van der Waals surface area contributed by atoms with Gasteiger partial charge in [-0.05, 0) is 26.0 Å². The Labute approximate surface area is 71.4 Å². The molecule has 3 nitrogen and oxygen atoms in total. The van der Waals surface area contributed by atoms with Crippen molar-refractivity contribution in [1.82, 2.24) is 9.78 Å². The van der Waals surface area contributed by atoms with E-state index in [0.29, 0.717) is 18.7 Å². The number of aryl methyl sites for hydroxylation is 2. The number of aromatic nitrogens is 2. The Morgan fingerprint density at radius 3 is 2.83 bits per heavy atom. The van der Waals surface area contributed by atoms with Gasteiger partial charge in [-0.3, -0.25) is 4.68 Å². The number of nitrogens with zero attached hydrogens (tertiary/aromatic N) is 2. The van der Waals surface area contributed by atoms with E-state index >= 15 is 0 Å². The van der Waals surface area contributed by atoms with E-state index in [9.17, 15) is 4.39 Å². The fourth-order valence-corrected chi connectivity index (χ4v) is 1.22. The molecule has 1 atom stereocenters. The van der Waals surface area contributed by atoms with E-state index in [0.717, 1.165) is 5.69 Å². The molecule has 0 aromatic carbocycles. The van der Waals surface area contributed by atoms with Crippen LogP contribution >= 0.6 is 0 Å². The standard InChI is InChI=1S/C8H14FN3/c1-6-5-8(12(2)11-6)7(9)3-4-10/h5,7H,3-4,10H2,1-2H3. The third-order valence-electron chi connectivity index (χ3n) is 1.78. The topological polar surface area (TPSA) is 43.8 Å². The first-order valence-corrected chi connectivity index (χ1v) is 4.00. The smallest absolute Gasteiger partial charge is 0.143 e. The second kappa shape index (κ2) is 3.67. The lowest BCUT2D eigenvalue weighted by molar-refractivity contribution is 0.310. The van der Waals surface area contributed by atoms with Gasteiger partial charge in [-0.1, -0.05) is 0 Å². The predicted molar refractivity (Wildman–Crippen MR) is 45.5 cm³/mol. The Kier molecular flexibility index (Phi) is 2.81. The first-order chi connectivity index (χ1) is 5.65. The molecule has 2 N–H and O–H groups in total. The summed E-state index contributed by atoms with van der Waals surface area (Å²) in [7, 11) is 1.74. The Morgan fingerprint density at radius 2 is 2.42 bits per heavy atom. The molecule has 12 heavy (non-hydrogen) atoms. The zero-order chi connectivity index (χ0) is 9.14. The quantitative estimate of drug-likeness (QED) is 0.739. The number of alkyl halides is 1. The average Bonchev–Trinajstić information content (AvgIpc) is 2.30. The molecule has 1 aromatic heterocycles. The molecular formula is C8H14FN3. The molecule has 0 bridgehead atoms. The van der Waals surface area contributed by atoms with Crippen molar-refractivity contribution in [2.24, 2.45) is 12.8 Å². The third kappa shape index (κ3) is 1.82. The Hall–Kier alpha value is -0.900. The van der Waals surface area contributed by atoms with Crippen LogP contribution in [0.5, 0.6) is 0 Å². The molecule has 0 fully saturated rings. The highest BCUT2D eigenvalue weighted by Gasteiger charge is 2.13. The molecule has 0 amide bonds. The van der Waals surface area contributed by atoms with Gasteiger partial charge in [0.05, 0.1) is 11.4 Å². The first kappa shape index (κ1) is 9.19. The van der Waals surface area contributed by atoms with Gasteiger partial charge in [0.25, 0.3) is 0 Å². The molecular weight excluding hydrogens is 157 g/mol. The number of hydrogen-bond donors (Lipinski definition) is 1. The summed E-state index contributed by atoms with van der Waals surface area (Å²) in [4.78, 5) is 0. The summed E-state index contributed by atoms with van der Waals surface area (Å²) in [6.07, 6.45) is -0.625. The molecule has 0 aliphatic carbocycles. The summed E-state index contributed by atoms with van der Waals surface area (Å²) >= 11 is 0. The van der Waals surface area contributed by atoms with Gasteiger partial charge in [-0.25, -0.2) is 4.39 Å². The SMILES string of the molecule is Cc1cc(C(F)CCN)n(C)n1. The van der Waals surface area contributed by atoms with Crippen molar-refractivity contribution in [3.8, 4) is 0 Å². The van der Waals surface area contributed by atoms with Crippen LogP contribution in [0.25, 0.3) is 0 Å². The van der Waals surface area contributed by atoms with Crippen molar-refractivity contribution < 1.29 is 4.39 Å². The van der Waals surface area contributed by atoms with Crippen molar-refractivity contribution in [3.63, 3.8) is 0 Å². The molecule has 1 aromatic rings. The number of rotatable bonds is 3. The maximum atomic E-state index is 13.3. The summed E-state index contributed by atoms with van der Waals surface area (Å²) in [5.74, 6) is 0. The van der Waals surface area contributed by atoms with E-state index < -0.39 is 6.17 Å². The van der Waals surface area contributed by atoms with Crippen LogP contribution in [-0.4, -0.2) is 16.3 Å². The molecule has 0 aliphatic rings. The highest BCUT2D eigenvalue weighted by atomic mass is 19.1. The van der Waals surface area contributed by atoms with E-state index in [1.807, 2.05) is 6.92 Å². The summed E-state index contributed by atoms with van der Waals surface area (Å²) in [6.45, 7) is 2.21. The van der Waals surface area contributed by atoms with Crippen molar-refractivity contribution in [3.05, 3.63) is 17.5 Å². The molecule has 0 saturated heterocycles. The second-order valence-corrected chi connectivity index (χ2v) is 2.88. The molecule has 1 rings (SSSR count). The van der Waals surface area contributed by atoms with Crippen LogP contribution in [0, 0.1) is 6.92 Å². The molecule has 1 heterocycles. The van der Waals surface area contributed by atoms with Gasteiger partial charge in [0, 0.05) is 7.05 Å². The van der Waals surface area contributed by atoms with E-state index in [-0.39, 0.29) is 0 Å². The number of nitrogens with two attached hydrogens (primary N) is 1. The van der Waals surface area contributed by atoms with Crippen molar-refractivity contribution in [1.29, 1.82) is 0 Å². The van der Waals surface area contributed by atoms with E-state index in [1.165, 1.54) is 0 Å². The van der Waals surface area contributed by atoms with E-state index in [1.54, 1.807) is 17.8 Å². The highest BCUT2D eigenvalue weighted by Crippen LogP contribution is 2.20. The van der Waals surface area contributed by atoms with Crippen LogP contribution in [-0.2, 0) is 7.05 Å². The minimum absolute atomic E-state index is 0.360. The lowest BCUT2D eigenvalue weighted by atomic mass is 10.2. The Morgan fingerprint density at radius 1 is 1.75 bits per heavy atom. The third-order valence-corrected chi connectivity index (χ3v) is 1.78. The van der Waals surface area contributed by atoms with Crippen LogP contribution in [0.2, 0.25) is 0 Å². The van der Waals surface area contributed by atoms with Crippen LogP contribution in [0.3, 0.4) is 0 Å². The maximum Gasteiger partial charge on any atom is 0.143 e. The van der Waals surface area contributed by atoms with Crippen LogP contribution in [0.15, 0.2) is 6.07 Å². The number of hydrogen-bond acceptors (Lipinski definition) is 2. The van der Waals surface area contributed by atoms with Crippen molar-refractivity contribution in [2.45, 2.75) is 19.5 Å². The van der Waals surface area contributed by atoms with Crippen molar-refractivity contribution in [2.75, 3.05) is 6.54 Å². The summed E-state index contributed by atoms with van der Waals surface area (Å²) < 4.78 is 14.8. The lowest BCUT2D eigenvalue weighted by Crippen LogP contribution is -2.07. The van der Waals surface area contributed by atoms with Gasteiger partial charge < -0.3 is 5.73 Å². The molecule has 1 unspecified atom stereocenters. The van der Waals surface area contributed by atoms with Crippen molar-refractivity contribution >= 4 is 0 Å². The van der Waals surface area contributed by atoms with Crippen LogP contribution < -0.4 is 5.73 Å². The first-order valence-electron chi connectivity index (χ1n) is 4.00. The molecule has 4 heteroatoms. The molecule has 0 aliphatic heterocycles. The Balaban J connectivity index is 2.79. The zero-order valence-electron chi connectivity index (χ0n) is 7.42. The summed E-state index contributed by atoms with van der Waals surface area (Å²) in [5, 5.41) is 4.05. The normalized spacial score (nSPS) is 13.3. The van der Waals surface area contributed by atoms with Gasteiger partial charge in [-0.2, -0.15) is 5.10 Å². The monoisotopic (exact) mass is 171 g/mol. The van der Waals surface area contributed by atoms with E-state index in [4.69, 9.17) is 5.73 Å². The van der Waals surface area contributed by atoms with Gasteiger partial charge in [-0.15, -0.1) is 0 Å². The number of halogens is 1. The molecule has 0 radical (unpaired) electrons. The fourth-order valence-electron chi connectivity index (χ4n) is 1.22. The van der Waals surface area contributed by atoms with Crippen LogP contribution in [0.4, 0.5) is 4.39 Å².